The van der Waals surface area contributed by atoms with Crippen LogP contribution in [0.1, 0.15) is 41.5 Å². The normalized spacial score (nSPS) is 14.0. The quantitative estimate of drug-likeness (QED) is 0.397. The van der Waals surface area contributed by atoms with E-state index in [1.54, 1.807) is 21.9 Å². The van der Waals surface area contributed by atoms with Gasteiger partial charge in [-0.1, -0.05) is 49.4 Å². The fourth-order valence-corrected chi connectivity index (χ4v) is 4.74. The molecule has 8 heteroatoms. The van der Waals surface area contributed by atoms with Gasteiger partial charge in [0.1, 0.15) is 17.2 Å². The van der Waals surface area contributed by atoms with Gasteiger partial charge < -0.3 is 14.6 Å². The molecule has 0 saturated carbocycles. The fraction of sp³-hybridized carbons (Fsp3) is 0.286. The van der Waals surface area contributed by atoms with Crippen molar-refractivity contribution in [2.75, 3.05) is 25.0 Å². The van der Waals surface area contributed by atoms with Crippen molar-refractivity contribution < 1.29 is 14.7 Å². The van der Waals surface area contributed by atoms with Gasteiger partial charge in [0.05, 0.1) is 12.1 Å². The van der Waals surface area contributed by atoms with Crippen molar-refractivity contribution >= 4 is 29.0 Å². The van der Waals surface area contributed by atoms with Gasteiger partial charge in [0, 0.05) is 26.6 Å². The van der Waals surface area contributed by atoms with Gasteiger partial charge in [0.15, 0.2) is 5.65 Å². The van der Waals surface area contributed by atoms with Crippen LogP contribution in [0.2, 0.25) is 0 Å². The van der Waals surface area contributed by atoms with Gasteiger partial charge >= 0.3 is 12.0 Å². The van der Waals surface area contributed by atoms with Crippen LogP contribution in [0, 0.1) is 0 Å². The minimum atomic E-state index is -0.941. The van der Waals surface area contributed by atoms with Gasteiger partial charge in [-0.2, -0.15) is 0 Å². The first kappa shape index (κ1) is 23.5. The van der Waals surface area contributed by atoms with Gasteiger partial charge in [-0.3, -0.25) is 4.90 Å². The number of nitrogens with zero attached hydrogens (tertiary/aromatic N) is 5. The maximum Gasteiger partial charge on any atom is 0.336 e. The highest BCUT2D eigenvalue weighted by Crippen LogP contribution is 2.26. The second-order valence-corrected chi connectivity index (χ2v) is 9.13. The molecule has 4 aromatic rings. The zero-order valence-corrected chi connectivity index (χ0v) is 20.5. The third-order valence-corrected chi connectivity index (χ3v) is 6.60. The summed E-state index contributed by atoms with van der Waals surface area (Å²) in [7, 11) is 1.81. The molecule has 36 heavy (non-hydrogen) atoms. The molecule has 0 bridgehead atoms. The third kappa shape index (κ3) is 4.42. The summed E-state index contributed by atoms with van der Waals surface area (Å²) in [5, 5.41) is 9.54. The maximum atomic E-state index is 12.7. The molecule has 2 aromatic carbocycles. The Morgan fingerprint density at radius 1 is 1.00 bits per heavy atom. The Labute approximate surface area is 209 Å². The molecule has 1 aliphatic rings. The van der Waals surface area contributed by atoms with Gasteiger partial charge in [0.25, 0.3) is 0 Å². The van der Waals surface area contributed by atoms with Crippen molar-refractivity contribution in [1.29, 1.82) is 0 Å². The second-order valence-electron chi connectivity index (χ2n) is 9.13. The zero-order valence-electron chi connectivity index (χ0n) is 20.5. The number of carboxylic acids is 1. The monoisotopic (exact) mass is 483 g/mol. The van der Waals surface area contributed by atoms with E-state index >= 15 is 0 Å². The van der Waals surface area contributed by atoms with Gasteiger partial charge in [-0.05, 0) is 47.7 Å². The van der Waals surface area contributed by atoms with Gasteiger partial charge in [0.2, 0.25) is 0 Å². The minimum absolute atomic E-state index is 0.0369. The number of urea groups is 1. The van der Waals surface area contributed by atoms with E-state index in [0.717, 1.165) is 53.9 Å². The summed E-state index contributed by atoms with van der Waals surface area (Å²) in [6.07, 6.45) is 2.68. The lowest BCUT2D eigenvalue weighted by atomic mass is 9.99. The molecule has 0 unspecified atom stereocenters. The molecule has 1 fully saturated rings. The number of hydrogen-bond donors (Lipinski definition) is 1. The zero-order chi connectivity index (χ0) is 25.2. The van der Waals surface area contributed by atoms with Crippen molar-refractivity contribution in [3.05, 3.63) is 77.6 Å². The van der Waals surface area contributed by atoms with E-state index in [1.807, 2.05) is 55.6 Å². The lowest BCUT2D eigenvalue weighted by Crippen LogP contribution is -2.47. The molecule has 0 aliphatic carbocycles. The molecule has 2 amide bonds. The summed E-state index contributed by atoms with van der Waals surface area (Å²) in [5.74, 6) is 0.660. The first-order chi connectivity index (χ1) is 17.5. The van der Waals surface area contributed by atoms with E-state index in [9.17, 15) is 14.7 Å². The number of hydrogen-bond acceptors (Lipinski definition) is 4. The van der Waals surface area contributed by atoms with E-state index in [1.165, 1.54) is 0 Å². The van der Waals surface area contributed by atoms with Crippen LogP contribution in [0.25, 0.3) is 22.3 Å². The Morgan fingerprint density at radius 3 is 2.53 bits per heavy atom. The van der Waals surface area contributed by atoms with E-state index in [2.05, 4.69) is 11.5 Å². The lowest BCUT2D eigenvalue weighted by molar-refractivity contribution is 0.0697. The molecule has 0 radical (unpaired) electrons. The molecule has 5 rings (SSSR count). The van der Waals surface area contributed by atoms with Crippen molar-refractivity contribution in [2.45, 2.75) is 32.7 Å². The smallest absolute Gasteiger partial charge is 0.336 e. The van der Waals surface area contributed by atoms with Crippen molar-refractivity contribution in [2.24, 2.45) is 0 Å². The van der Waals surface area contributed by atoms with E-state index in [4.69, 9.17) is 9.97 Å². The van der Waals surface area contributed by atoms with Gasteiger partial charge in [-0.15, -0.1) is 0 Å². The Bertz CT molecular complexity index is 1430. The number of pyridine rings is 1. The summed E-state index contributed by atoms with van der Waals surface area (Å²) in [6, 6.07) is 18.8. The summed E-state index contributed by atoms with van der Waals surface area (Å²) >= 11 is 0. The van der Waals surface area contributed by atoms with Gasteiger partial charge in [-0.25, -0.2) is 19.6 Å². The molecule has 0 atom stereocenters. The van der Waals surface area contributed by atoms with Crippen LogP contribution >= 0.6 is 0 Å². The molecule has 3 heterocycles. The molecule has 184 valence electrons. The molecule has 1 aliphatic heterocycles. The Morgan fingerprint density at radius 2 is 1.78 bits per heavy atom. The van der Waals surface area contributed by atoms with Crippen molar-refractivity contribution in [3.63, 3.8) is 0 Å². The maximum absolute atomic E-state index is 12.7. The SMILES string of the molecule is CCCc1nc2ccc(N3CCCN(C)C3=O)nc2n1Cc1ccc(-c2ccccc2C(=O)O)cc1. The van der Waals surface area contributed by atoms with Crippen LogP contribution in [0.15, 0.2) is 60.7 Å². The number of rotatable bonds is 7. The number of carbonyl (C=O) groups is 2. The number of fused-ring (bicyclic) bond motifs is 1. The second kappa shape index (κ2) is 9.81. The van der Waals surface area contributed by atoms with Crippen LogP contribution in [0.4, 0.5) is 10.6 Å². The molecule has 8 nitrogen and oxygen atoms in total. The number of aromatic nitrogens is 3. The standard InChI is InChI=1S/C28H29N5O3/c1-3-7-24-29-23-14-15-25(32-17-6-16-31(2)28(32)36)30-26(23)33(24)18-19-10-12-20(13-11-19)21-8-4-5-9-22(21)27(34)35/h4-5,8-15H,3,6-7,16-18H2,1-2H3,(H,34,35). The van der Waals surface area contributed by atoms with Crippen molar-refractivity contribution in [3.8, 4) is 11.1 Å². The average molecular weight is 484 g/mol. The van der Waals surface area contributed by atoms with Crippen LogP contribution in [-0.4, -0.2) is 56.7 Å². The largest absolute Gasteiger partial charge is 0.478 e. The number of carboxylic acid groups (broad SMARTS) is 1. The summed E-state index contributed by atoms with van der Waals surface area (Å²) < 4.78 is 2.13. The predicted molar refractivity (Wildman–Crippen MR) is 139 cm³/mol. The van der Waals surface area contributed by atoms with Crippen LogP contribution in [0.5, 0.6) is 0 Å². The fourth-order valence-electron chi connectivity index (χ4n) is 4.74. The molecule has 0 spiro atoms. The average Bonchev–Trinajstić information content (AvgIpc) is 3.22. The highest BCUT2D eigenvalue weighted by Gasteiger charge is 2.26. The van der Waals surface area contributed by atoms with E-state index in [0.29, 0.717) is 24.5 Å². The first-order valence-electron chi connectivity index (χ1n) is 12.3. The molecule has 2 aromatic heterocycles. The Hall–Kier alpha value is -4.20. The topological polar surface area (TPSA) is 91.6 Å². The molecule has 1 N–H and O–H groups in total. The van der Waals surface area contributed by atoms with Crippen LogP contribution in [-0.2, 0) is 13.0 Å². The van der Waals surface area contributed by atoms with Crippen LogP contribution < -0.4 is 4.90 Å². The number of anilines is 1. The lowest BCUT2D eigenvalue weighted by Gasteiger charge is -2.32. The molecule has 1 saturated heterocycles. The van der Waals surface area contributed by atoms with Crippen molar-refractivity contribution in [1.82, 2.24) is 19.4 Å². The first-order valence-corrected chi connectivity index (χ1v) is 12.3. The Kier molecular flexibility index (Phi) is 6.41. The van der Waals surface area contributed by atoms with Crippen LogP contribution in [0.3, 0.4) is 0 Å². The van der Waals surface area contributed by atoms with E-state index < -0.39 is 5.97 Å². The molecular weight excluding hydrogens is 454 g/mol. The number of imidazole rings is 1. The number of amides is 2. The highest BCUT2D eigenvalue weighted by atomic mass is 16.4. The summed E-state index contributed by atoms with van der Waals surface area (Å²) in [5.41, 5.74) is 4.46. The number of benzene rings is 2. The third-order valence-electron chi connectivity index (χ3n) is 6.60. The number of aryl methyl sites for hydroxylation is 1. The Balaban J connectivity index is 1.49. The minimum Gasteiger partial charge on any atom is -0.478 e. The summed E-state index contributed by atoms with van der Waals surface area (Å²) in [6.45, 7) is 4.11. The molecular formula is C28H29N5O3. The number of carbonyl (C=O) groups excluding carboxylic acids is 1. The highest BCUT2D eigenvalue weighted by molar-refractivity contribution is 5.96. The summed E-state index contributed by atoms with van der Waals surface area (Å²) in [4.78, 5) is 37.5. The van der Waals surface area contributed by atoms with E-state index in [-0.39, 0.29) is 11.6 Å². The predicted octanol–water partition coefficient (Wildman–Crippen LogP) is 5.06. The number of aromatic carboxylic acids is 1.